The number of aryl methyl sites for hydroxylation is 1. The topological polar surface area (TPSA) is 46.5 Å². The molecule has 3 nitrogen and oxygen atoms in total. The molecule has 0 aliphatic rings. The van der Waals surface area contributed by atoms with Crippen LogP contribution in [-0.2, 0) is 0 Å². The highest BCUT2D eigenvalue weighted by molar-refractivity contribution is 5.97. The van der Waals surface area contributed by atoms with E-state index in [-0.39, 0.29) is 0 Å². The predicted octanol–water partition coefficient (Wildman–Crippen LogP) is 3.76. The molecule has 0 heterocycles. The average molecular weight is 256 g/mol. The van der Waals surface area contributed by atoms with E-state index in [9.17, 15) is 9.90 Å². The molecule has 0 saturated carbocycles. The fourth-order valence-corrected chi connectivity index (χ4v) is 2.11. The Morgan fingerprint density at radius 2 is 1.95 bits per heavy atom. The van der Waals surface area contributed by atoms with E-state index in [1.54, 1.807) is 13.0 Å². The Balaban J connectivity index is 2.55. The van der Waals surface area contributed by atoms with Gasteiger partial charge in [-0.15, -0.1) is 0 Å². The molecule has 0 saturated heterocycles. The minimum atomic E-state index is -0.907. The van der Waals surface area contributed by atoms with Gasteiger partial charge in [0.05, 0.1) is 12.2 Å². The van der Waals surface area contributed by atoms with E-state index in [2.05, 4.69) is 0 Å². The molecule has 0 bridgehead atoms. The van der Waals surface area contributed by atoms with Gasteiger partial charge in [-0.1, -0.05) is 30.3 Å². The van der Waals surface area contributed by atoms with E-state index in [0.717, 1.165) is 16.9 Å². The van der Waals surface area contributed by atoms with Gasteiger partial charge in [-0.2, -0.15) is 0 Å². The molecule has 2 rings (SSSR count). The van der Waals surface area contributed by atoms with Crippen LogP contribution in [0.5, 0.6) is 5.75 Å². The predicted molar refractivity (Wildman–Crippen MR) is 74.7 cm³/mol. The monoisotopic (exact) mass is 256 g/mol. The van der Waals surface area contributed by atoms with Crippen molar-refractivity contribution in [3.05, 3.63) is 53.6 Å². The molecular weight excluding hydrogens is 240 g/mol. The highest BCUT2D eigenvalue weighted by atomic mass is 16.5. The largest absolute Gasteiger partial charge is 0.494 e. The van der Waals surface area contributed by atoms with Crippen LogP contribution in [0.15, 0.2) is 42.5 Å². The number of carbonyl (C=O) groups is 1. The van der Waals surface area contributed by atoms with Crippen LogP contribution in [0.3, 0.4) is 0 Å². The van der Waals surface area contributed by atoms with Gasteiger partial charge in [0.25, 0.3) is 0 Å². The number of hydrogen-bond donors (Lipinski definition) is 1. The quantitative estimate of drug-likeness (QED) is 0.906. The first-order valence-electron chi connectivity index (χ1n) is 6.19. The van der Waals surface area contributed by atoms with Crippen LogP contribution in [0, 0.1) is 6.92 Å². The summed E-state index contributed by atoms with van der Waals surface area (Å²) < 4.78 is 5.45. The fraction of sp³-hybridized carbons (Fsp3) is 0.188. The molecule has 98 valence electrons. The van der Waals surface area contributed by atoms with Gasteiger partial charge in [-0.3, -0.25) is 0 Å². The third-order valence-corrected chi connectivity index (χ3v) is 2.94. The SMILES string of the molecule is CCOc1cccc(-c2cccc(C)c2C(=O)O)c1. The molecular formula is C16H16O3. The normalized spacial score (nSPS) is 10.2. The van der Waals surface area contributed by atoms with Crippen LogP contribution in [0.4, 0.5) is 0 Å². The maximum atomic E-state index is 11.4. The highest BCUT2D eigenvalue weighted by Crippen LogP contribution is 2.28. The summed E-state index contributed by atoms with van der Waals surface area (Å²) in [6.07, 6.45) is 0. The first kappa shape index (κ1) is 13.1. The van der Waals surface area contributed by atoms with Crippen molar-refractivity contribution < 1.29 is 14.6 Å². The third kappa shape index (κ3) is 2.76. The molecule has 19 heavy (non-hydrogen) atoms. The Bertz CT molecular complexity index is 603. The Labute approximate surface area is 112 Å². The van der Waals surface area contributed by atoms with Crippen LogP contribution in [0.25, 0.3) is 11.1 Å². The minimum Gasteiger partial charge on any atom is -0.494 e. The van der Waals surface area contributed by atoms with Gasteiger partial charge >= 0.3 is 5.97 Å². The zero-order chi connectivity index (χ0) is 13.8. The molecule has 2 aromatic carbocycles. The van der Waals surface area contributed by atoms with Crippen molar-refractivity contribution in [2.75, 3.05) is 6.61 Å². The van der Waals surface area contributed by atoms with Crippen molar-refractivity contribution >= 4 is 5.97 Å². The molecule has 1 N–H and O–H groups in total. The Morgan fingerprint density at radius 1 is 1.21 bits per heavy atom. The second kappa shape index (κ2) is 5.57. The third-order valence-electron chi connectivity index (χ3n) is 2.94. The van der Waals surface area contributed by atoms with Gasteiger partial charge in [0.1, 0.15) is 5.75 Å². The molecule has 0 aromatic heterocycles. The summed E-state index contributed by atoms with van der Waals surface area (Å²) in [5, 5.41) is 9.35. The van der Waals surface area contributed by atoms with Crippen LogP contribution in [0.2, 0.25) is 0 Å². The van der Waals surface area contributed by atoms with Crippen molar-refractivity contribution in [2.24, 2.45) is 0 Å². The van der Waals surface area contributed by atoms with Crippen LogP contribution >= 0.6 is 0 Å². The molecule has 0 atom stereocenters. The van der Waals surface area contributed by atoms with Gasteiger partial charge in [0.15, 0.2) is 0 Å². The summed E-state index contributed by atoms with van der Waals surface area (Å²) in [6.45, 7) is 4.31. The molecule has 0 radical (unpaired) electrons. The Hall–Kier alpha value is -2.29. The highest BCUT2D eigenvalue weighted by Gasteiger charge is 2.14. The number of benzene rings is 2. The Kier molecular flexibility index (Phi) is 3.85. The van der Waals surface area contributed by atoms with Gasteiger partial charge in [-0.25, -0.2) is 4.79 Å². The summed E-state index contributed by atoms with van der Waals surface area (Å²) in [5.41, 5.74) is 2.67. The lowest BCUT2D eigenvalue weighted by atomic mass is 9.96. The van der Waals surface area contributed by atoms with Crippen molar-refractivity contribution in [1.82, 2.24) is 0 Å². The second-order valence-electron chi connectivity index (χ2n) is 4.26. The van der Waals surface area contributed by atoms with E-state index in [0.29, 0.717) is 17.7 Å². The second-order valence-corrected chi connectivity index (χ2v) is 4.26. The first-order valence-corrected chi connectivity index (χ1v) is 6.19. The van der Waals surface area contributed by atoms with Crippen molar-refractivity contribution in [2.45, 2.75) is 13.8 Å². The van der Waals surface area contributed by atoms with Gasteiger partial charge < -0.3 is 9.84 Å². The molecule has 0 aliphatic heterocycles. The lowest BCUT2D eigenvalue weighted by Gasteiger charge is -2.10. The average Bonchev–Trinajstić information content (AvgIpc) is 2.38. The van der Waals surface area contributed by atoms with Gasteiger partial charge in [-0.05, 0) is 42.7 Å². The van der Waals surface area contributed by atoms with Crippen LogP contribution in [0.1, 0.15) is 22.8 Å². The van der Waals surface area contributed by atoms with E-state index < -0.39 is 5.97 Å². The summed E-state index contributed by atoms with van der Waals surface area (Å²) >= 11 is 0. The van der Waals surface area contributed by atoms with Gasteiger partial charge in [0.2, 0.25) is 0 Å². The maximum absolute atomic E-state index is 11.4. The van der Waals surface area contributed by atoms with Crippen LogP contribution in [-0.4, -0.2) is 17.7 Å². The van der Waals surface area contributed by atoms with E-state index in [1.165, 1.54) is 0 Å². The fourth-order valence-electron chi connectivity index (χ4n) is 2.11. The minimum absolute atomic E-state index is 0.344. The summed E-state index contributed by atoms with van der Waals surface area (Å²) in [4.78, 5) is 11.4. The van der Waals surface area contributed by atoms with Gasteiger partial charge in [0, 0.05) is 0 Å². The Morgan fingerprint density at radius 3 is 2.63 bits per heavy atom. The summed E-state index contributed by atoms with van der Waals surface area (Å²) in [7, 11) is 0. The standard InChI is InChI=1S/C16H16O3/c1-3-19-13-8-5-7-12(10-13)14-9-4-6-11(2)15(14)16(17)18/h4-10H,3H2,1-2H3,(H,17,18). The zero-order valence-corrected chi connectivity index (χ0v) is 11.0. The first-order chi connectivity index (χ1) is 9.13. The number of hydrogen-bond acceptors (Lipinski definition) is 2. The van der Waals surface area contributed by atoms with E-state index >= 15 is 0 Å². The maximum Gasteiger partial charge on any atom is 0.336 e. The molecule has 0 amide bonds. The molecule has 0 aliphatic carbocycles. The molecule has 0 fully saturated rings. The molecule has 2 aromatic rings. The number of rotatable bonds is 4. The van der Waals surface area contributed by atoms with E-state index in [4.69, 9.17) is 4.74 Å². The number of aromatic carboxylic acids is 1. The van der Waals surface area contributed by atoms with Crippen molar-refractivity contribution in [3.63, 3.8) is 0 Å². The van der Waals surface area contributed by atoms with Crippen molar-refractivity contribution in [1.29, 1.82) is 0 Å². The molecule has 0 unspecified atom stereocenters. The number of ether oxygens (including phenoxy) is 1. The number of carboxylic acids is 1. The molecule has 3 heteroatoms. The number of carboxylic acid groups (broad SMARTS) is 1. The lowest BCUT2D eigenvalue weighted by Crippen LogP contribution is -2.02. The summed E-state index contributed by atoms with van der Waals surface area (Å²) in [5.74, 6) is -0.159. The zero-order valence-electron chi connectivity index (χ0n) is 11.0. The lowest BCUT2D eigenvalue weighted by molar-refractivity contribution is 0.0697. The smallest absolute Gasteiger partial charge is 0.336 e. The van der Waals surface area contributed by atoms with Crippen LogP contribution < -0.4 is 4.74 Å². The molecule has 0 spiro atoms. The van der Waals surface area contributed by atoms with E-state index in [1.807, 2.05) is 43.3 Å². The van der Waals surface area contributed by atoms with Crippen molar-refractivity contribution in [3.8, 4) is 16.9 Å². The summed E-state index contributed by atoms with van der Waals surface area (Å²) in [6, 6.07) is 13.0.